The molecule has 0 unspecified atom stereocenters. The number of alkyl halides is 3. The van der Waals surface area contributed by atoms with E-state index < -0.39 is 11.7 Å². The van der Waals surface area contributed by atoms with E-state index in [0.29, 0.717) is 18.5 Å². The van der Waals surface area contributed by atoms with Gasteiger partial charge in [0.05, 0.1) is 5.56 Å². The van der Waals surface area contributed by atoms with Crippen molar-refractivity contribution in [2.24, 2.45) is 5.73 Å². The topological polar surface area (TPSA) is 41.3 Å². The van der Waals surface area contributed by atoms with Crippen molar-refractivity contribution in [3.8, 4) is 0 Å². The third kappa shape index (κ3) is 3.39. The van der Waals surface area contributed by atoms with Crippen molar-refractivity contribution in [3.05, 3.63) is 29.3 Å². The highest BCUT2D eigenvalue weighted by atomic mass is 19.4. The number of nitrogens with two attached hydrogens (primary N) is 1. The predicted octanol–water partition coefficient (Wildman–Crippen LogP) is 1.62. The molecule has 1 aliphatic rings. The molecular formula is C13H18F3N3. The highest BCUT2D eigenvalue weighted by molar-refractivity contribution is 5.56. The number of piperazine rings is 1. The molecule has 1 aliphatic heterocycles. The van der Waals surface area contributed by atoms with Crippen LogP contribution in [0.1, 0.15) is 11.1 Å². The van der Waals surface area contributed by atoms with E-state index >= 15 is 0 Å². The predicted molar refractivity (Wildman–Crippen MR) is 69.3 cm³/mol. The molecule has 1 fully saturated rings. The Balaban J connectivity index is 2.31. The first-order valence-corrected chi connectivity index (χ1v) is 6.38. The molecule has 0 amide bonds. The van der Waals surface area contributed by atoms with Gasteiger partial charge < -0.3 is 16.0 Å². The lowest BCUT2D eigenvalue weighted by atomic mass is 10.0. The maximum atomic E-state index is 12.7. The molecule has 3 N–H and O–H groups in total. The summed E-state index contributed by atoms with van der Waals surface area (Å²) in [4.78, 5) is 2.11. The number of anilines is 1. The lowest BCUT2D eigenvalue weighted by molar-refractivity contribution is -0.137. The van der Waals surface area contributed by atoms with Gasteiger partial charge in [0.25, 0.3) is 0 Å². The summed E-state index contributed by atoms with van der Waals surface area (Å²) < 4.78 is 38.2. The van der Waals surface area contributed by atoms with Crippen LogP contribution in [0.2, 0.25) is 0 Å². The molecule has 0 radical (unpaired) electrons. The molecule has 3 nitrogen and oxygen atoms in total. The Morgan fingerprint density at radius 3 is 2.47 bits per heavy atom. The molecule has 0 saturated carbocycles. The Labute approximate surface area is 110 Å². The van der Waals surface area contributed by atoms with Gasteiger partial charge in [-0.2, -0.15) is 13.2 Å². The first-order valence-electron chi connectivity index (χ1n) is 6.38. The average molecular weight is 273 g/mol. The highest BCUT2D eigenvalue weighted by Gasteiger charge is 2.31. The number of hydrogen-bond donors (Lipinski definition) is 2. The number of nitrogens with zero attached hydrogens (tertiary/aromatic N) is 1. The van der Waals surface area contributed by atoms with Crippen molar-refractivity contribution >= 4 is 5.69 Å². The van der Waals surface area contributed by atoms with E-state index in [9.17, 15) is 13.2 Å². The lowest BCUT2D eigenvalue weighted by Gasteiger charge is -2.31. The summed E-state index contributed by atoms with van der Waals surface area (Å²) in [6, 6.07) is 3.95. The molecule has 0 spiro atoms. The van der Waals surface area contributed by atoms with Gasteiger partial charge in [-0.15, -0.1) is 0 Å². The van der Waals surface area contributed by atoms with Crippen molar-refractivity contribution in [2.45, 2.75) is 12.6 Å². The van der Waals surface area contributed by atoms with Crippen molar-refractivity contribution in [1.29, 1.82) is 0 Å². The smallest absolute Gasteiger partial charge is 0.369 e. The number of rotatable bonds is 3. The van der Waals surface area contributed by atoms with Gasteiger partial charge in [-0.05, 0) is 36.7 Å². The van der Waals surface area contributed by atoms with Crippen LogP contribution in [0.4, 0.5) is 18.9 Å². The minimum atomic E-state index is -4.30. The van der Waals surface area contributed by atoms with Crippen LogP contribution in [0.5, 0.6) is 0 Å². The SMILES string of the molecule is NCCc1cc(C(F)(F)F)ccc1N1CCNCC1. The number of hydrogen-bond acceptors (Lipinski definition) is 3. The van der Waals surface area contributed by atoms with Crippen LogP contribution < -0.4 is 16.0 Å². The molecule has 19 heavy (non-hydrogen) atoms. The molecular weight excluding hydrogens is 255 g/mol. The van der Waals surface area contributed by atoms with Gasteiger partial charge in [0.1, 0.15) is 0 Å². The van der Waals surface area contributed by atoms with Crippen LogP contribution in [0.3, 0.4) is 0 Å². The quantitative estimate of drug-likeness (QED) is 0.879. The van der Waals surface area contributed by atoms with Crippen LogP contribution in [-0.4, -0.2) is 32.7 Å². The van der Waals surface area contributed by atoms with Gasteiger partial charge in [-0.25, -0.2) is 0 Å². The van der Waals surface area contributed by atoms with Gasteiger partial charge in [-0.1, -0.05) is 0 Å². The Hall–Kier alpha value is -1.27. The van der Waals surface area contributed by atoms with Gasteiger partial charge in [0.15, 0.2) is 0 Å². The Morgan fingerprint density at radius 2 is 1.89 bits per heavy atom. The second kappa shape index (κ2) is 5.79. The van der Waals surface area contributed by atoms with Gasteiger partial charge in [0, 0.05) is 31.9 Å². The molecule has 1 heterocycles. The fourth-order valence-corrected chi connectivity index (χ4v) is 2.33. The Kier molecular flexibility index (Phi) is 4.31. The molecule has 0 aliphatic carbocycles. The maximum absolute atomic E-state index is 12.7. The van der Waals surface area contributed by atoms with E-state index in [2.05, 4.69) is 10.2 Å². The van der Waals surface area contributed by atoms with E-state index in [-0.39, 0.29) is 0 Å². The first-order chi connectivity index (χ1) is 9.02. The summed E-state index contributed by atoms with van der Waals surface area (Å²) in [6.45, 7) is 3.67. The monoisotopic (exact) mass is 273 g/mol. The molecule has 1 saturated heterocycles. The summed E-state index contributed by atoms with van der Waals surface area (Å²) in [5, 5.41) is 3.23. The van der Waals surface area contributed by atoms with Crippen LogP contribution in [0.25, 0.3) is 0 Å². The summed E-state index contributed by atoms with van der Waals surface area (Å²) in [7, 11) is 0. The third-order valence-corrected chi connectivity index (χ3v) is 3.28. The van der Waals surface area contributed by atoms with Crippen LogP contribution in [-0.2, 0) is 12.6 Å². The molecule has 106 valence electrons. The second-order valence-corrected chi connectivity index (χ2v) is 4.62. The zero-order chi connectivity index (χ0) is 13.9. The molecule has 1 aromatic rings. The minimum Gasteiger partial charge on any atom is -0.369 e. The van der Waals surface area contributed by atoms with Crippen molar-refractivity contribution in [2.75, 3.05) is 37.6 Å². The van der Waals surface area contributed by atoms with Crippen molar-refractivity contribution in [1.82, 2.24) is 5.32 Å². The van der Waals surface area contributed by atoms with E-state index in [1.165, 1.54) is 6.07 Å². The standard InChI is InChI=1S/C13H18F3N3/c14-13(15,16)11-1-2-12(10(9-11)3-4-17)19-7-5-18-6-8-19/h1-2,9,18H,3-8,17H2. The van der Waals surface area contributed by atoms with E-state index in [1.807, 2.05) is 0 Å². The molecule has 6 heteroatoms. The number of benzene rings is 1. The highest BCUT2D eigenvalue weighted by Crippen LogP contribution is 2.33. The number of nitrogens with one attached hydrogen (secondary N) is 1. The minimum absolute atomic E-state index is 0.348. The summed E-state index contributed by atoms with van der Waals surface area (Å²) in [5.41, 5.74) is 6.46. The zero-order valence-corrected chi connectivity index (χ0v) is 10.6. The third-order valence-electron chi connectivity index (χ3n) is 3.28. The molecule has 2 rings (SSSR count). The second-order valence-electron chi connectivity index (χ2n) is 4.62. The first kappa shape index (κ1) is 14.1. The van der Waals surface area contributed by atoms with Crippen LogP contribution in [0, 0.1) is 0 Å². The van der Waals surface area contributed by atoms with Gasteiger partial charge in [-0.3, -0.25) is 0 Å². The normalized spacial score (nSPS) is 16.7. The maximum Gasteiger partial charge on any atom is 0.416 e. The molecule has 0 atom stereocenters. The van der Waals surface area contributed by atoms with Gasteiger partial charge in [0.2, 0.25) is 0 Å². The summed E-state index contributed by atoms with van der Waals surface area (Å²) in [5.74, 6) is 0. The number of halogens is 3. The summed E-state index contributed by atoms with van der Waals surface area (Å²) >= 11 is 0. The van der Waals surface area contributed by atoms with Crippen LogP contribution in [0.15, 0.2) is 18.2 Å². The largest absolute Gasteiger partial charge is 0.416 e. The zero-order valence-electron chi connectivity index (χ0n) is 10.6. The average Bonchev–Trinajstić information content (AvgIpc) is 2.39. The van der Waals surface area contributed by atoms with E-state index in [4.69, 9.17) is 5.73 Å². The van der Waals surface area contributed by atoms with Gasteiger partial charge >= 0.3 is 6.18 Å². The Bertz CT molecular complexity index is 426. The molecule has 1 aromatic carbocycles. The van der Waals surface area contributed by atoms with Crippen LogP contribution >= 0.6 is 0 Å². The fourth-order valence-electron chi connectivity index (χ4n) is 2.33. The van der Waals surface area contributed by atoms with E-state index in [1.54, 1.807) is 6.07 Å². The van der Waals surface area contributed by atoms with E-state index in [0.717, 1.165) is 37.9 Å². The molecule has 0 aromatic heterocycles. The lowest BCUT2D eigenvalue weighted by Crippen LogP contribution is -2.44. The Morgan fingerprint density at radius 1 is 1.21 bits per heavy atom. The van der Waals surface area contributed by atoms with Crippen molar-refractivity contribution in [3.63, 3.8) is 0 Å². The van der Waals surface area contributed by atoms with Crippen molar-refractivity contribution < 1.29 is 13.2 Å². The fraction of sp³-hybridized carbons (Fsp3) is 0.538. The molecule has 0 bridgehead atoms. The summed E-state index contributed by atoms with van der Waals surface area (Å²) in [6.07, 6.45) is -3.84.